The Bertz CT molecular complexity index is 626. The van der Waals surface area contributed by atoms with Gasteiger partial charge in [-0.2, -0.15) is 0 Å². The van der Waals surface area contributed by atoms with Gasteiger partial charge < -0.3 is 20.0 Å². The number of hydrogen-bond acceptors (Lipinski definition) is 4. The summed E-state index contributed by atoms with van der Waals surface area (Å²) < 4.78 is 4.84. The van der Waals surface area contributed by atoms with E-state index in [0.29, 0.717) is 18.7 Å². The van der Waals surface area contributed by atoms with Crippen LogP contribution in [0.5, 0.6) is 0 Å². The molecule has 24 heavy (non-hydrogen) atoms. The van der Waals surface area contributed by atoms with Gasteiger partial charge in [0.1, 0.15) is 6.26 Å². The molecule has 0 fully saturated rings. The smallest absolute Gasteiger partial charge is 0.254 e. The second-order valence-corrected chi connectivity index (χ2v) is 5.48. The van der Waals surface area contributed by atoms with Gasteiger partial charge in [0, 0.05) is 38.8 Å². The van der Waals surface area contributed by atoms with Crippen LogP contribution in [0.2, 0.25) is 0 Å². The van der Waals surface area contributed by atoms with Gasteiger partial charge in [0.15, 0.2) is 0 Å². The van der Waals surface area contributed by atoms with E-state index in [9.17, 15) is 9.59 Å². The van der Waals surface area contributed by atoms with E-state index in [1.807, 2.05) is 25.2 Å². The third kappa shape index (κ3) is 5.79. The second kappa shape index (κ2) is 9.39. The summed E-state index contributed by atoms with van der Waals surface area (Å²) in [5.41, 5.74) is 1.62. The summed E-state index contributed by atoms with van der Waals surface area (Å²) in [5.74, 6) is -0.300. The number of rotatable bonds is 9. The number of carbonyl (C=O) groups excluding carboxylic acids is 2. The zero-order valence-electron chi connectivity index (χ0n) is 13.8. The SMILES string of the molecule is CN(CCCNC(=O)CCNC(=O)c1ccoc1)c1ccccc1. The highest BCUT2D eigenvalue weighted by molar-refractivity contribution is 5.94. The van der Waals surface area contributed by atoms with Gasteiger partial charge in [-0.05, 0) is 24.6 Å². The molecule has 6 heteroatoms. The Morgan fingerprint density at radius 1 is 1.08 bits per heavy atom. The van der Waals surface area contributed by atoms with Crippen LogP contribution in [0.1, 0.15) is 23.2 Å². The predicted octanol–water partition coefficient (Wildman–Crippen LogP) is 2.04. The van der Waals surface area contributed by atoms with Crippen molar-refractivity contribution < 1.29 is 14.0 Å². The number of carbonyl (C=O) groups is 2. The first kappa shape index (κ1) is 17.6. The monoisotopic (exact) mass is 329 g/mol. The van der Waals surface area contributed by atoms with Crippen molar-refractivity contribution in [2.24, 2.45) is 0 Å². The molecule has 0 aliphatic rings. The van der Waals surface area contributed by atoms with E-state index in [-0.39, 0.29) is 18.2 Å². The molecule has 1 heterocycles. The summed E-state index contributed by atoms with van der Waals surface area (Å²) in [5, 5.41) is 5.54. The average Bonchev–Trinajstić information content (AvgIpc) is 3.14. The Kier molecular flexibility index (Phi) is 6.89. The molecule has 0 unspecified atom stereocenters. The Morgan fingerprint density at radius 2 is 1.88 bits per heavy atom. The van der Waals surface area contributed by atoms with Crippen LogP contribution in [-0.4, -0.2) is 38.5 Å². The van der Waals surface area contributed by atoms with Gasteiger partial charge in [0.05, 0.1) is 11.8 Å². The standard InChI is InChI=1S/C18H23N3O3/c1-21(16-6-3-2-4-7-16)12-5-10-19-17(22)8-11-20-18(23)15-9-13-24-14-15/h2-4,6-7,9,13-14H,5,8,10-12H2,1H3,(H,19,22)(H,20,23). The van der Waals surface area contributed by atoms with E-state index < -0.39 is 0 Å². The summed E-state index contributed by atoms with van der Waals surface area (Å²) in [4.78, 5) is 25.5. The Labute approximate surface area is 141 Å². The molecule has 2 N–H and O–H groups in total. The van der Waals surface area contributed by atoms with Crippen molar-refractivity contribution in [2.45, 2.75) is 12.8 Å². The first-order valence-electron chi connectivity index (χ1n) is 8.00. The quantitative estimate of drug-likeness (QED) is 0.691. The fraction of sp³-hybridized carbons (Fsp3) is 0.333. The molecule has 0 radical (unpaired) electrons. The number of nitrogens with zero attached hydrogens (tertiary/aromatic N) is 1. The minimum absolute atomic E-state index is 0.0649. The molecule has 0 aliphatic carbocycles. The number of anilines is 1. The summed E-state index contributed by atoms with van der Waals surface area (Å²) in [6, 6.07) is 11.7. The largest absolute Gasteiger partial charge is 0.472 e. The summed E-state index contributed by atoms with van der Waals surface area (Å²) in [6.07, 6.45) is 3.93. The van der Waals surface area contributed by atoms with Crippen molar-refractivity contribution in [1.82, 2.24) is 10.6 Å². The number of hydrogen-bond donors (Lipinski definition) is 2. The molecule has 128 valence electrons. The van der Waals surface area contributed by atoms with Crippen LogP contribution in [0.25, 0.3) is 0 Å². The predicted molar refractivity (Wildman–Crippen MR) is 93.0 cm³/mol. The average molecular weight is 329 g/mol. The van der Waals surface area contributed by atoms with E-state index in [1.165, 1.54) is 12.5 Å². The maximum atomic E-state index is 11.7. The van der Waals surface area contributed by atoms with Gasteiger partial charge in [-0.25, -0.2) is 0 Å². The molecule has 0 atom stereocenters. The minimum Gasteiger partial charge on any atom is -0.472 e. The molecule has 0 aliphatic heterocycles. The maximum absolute atomic E-state index is 11.7. The Balaban J connectivity index is 1.54. The lowest BCUT2D eigenvalue weighted by atomic mass is 10.3. The lowest BCUT2D eigenvalue weighted by Crippen LogP contribution is -2.32. The maximum Gasteiger partial charge on any atom is 0.254 e. The number of nitrogens with one attached hydrogen (secondary N) is 2. The zero-order chi connectivity index (χ0) is 17.2. The van der Waals surface area contributed by atoms with Gasteiger partial charge in [-0.1, -0.05) is 18.2 Å². The van der Waals surface area contributed by atoms with Crippen LogP contribution >= 0.6 is 0 Å². The fourth-order valence-electron chi connectivity index (χ4n) is 2.23. The number of para-hydroxylation sites is 1. The summed E-state index contributed by atoms with van der Waals surface area (Å²) in [6.45, 7) is 1.78. The van der Waals surface area contributed by atoms with Crippen LogP contribution in [-0.2, 0) is 4.79 Å². The highest BCUT2D eigenvalue weighted by Crippen LogP contribution is 2.10. The molecule has 2 amide bonds. The van der Waals surface area contributed by atoms with Crippen LogP contribution in [0.15, 0.2) is 53.3 Å². The highest BCUT2D eigenvalue weighted by atomic mass is 16.3. The van der Waals surface area contributed by atoms with Gasteiger partial charge in [-0.3, -0.25) is 9.59 Å². The molecule has 6 nitrogen and oxygen atoms in total. The van der Waals surface area contributed by atoms with Crippen molar-refractivity contribution in [3.05, 3.63) is 54.5 Å². The van der Waals surface area contributed by atoms with Crippen molar-refractivity contribution >= 4 is 17.5 Å². The number of amides is 2. The Morgan fingerprint density at radius 3 is 2.58 bits per heavy atom. The first-order valence-corrected chi connectivity index (χ1v) is 8.00. The second-order valence-electron chi connectivity index (χ2n) is 5.48. The number of benzene rings is 1. The van der Waals surface area contributed by atoms with E-state index in [0.717, 1.165) is 18.7 Å². The van der Waals surface area contributed by atoms with Crippen LogP contribution in [0.3, 0.4) is 0 Å². The van der Waals surface area contributed by atoms with Crippen molar-refractivity contribution in [3.8, 4) is 0 Å². The molecule has 1 aromatic heterocycles. The molecule has 2 aromatic rings. The minimum atomic E-state index is -0.235. The molecule has 0 saturated carbocycles. The summed E-state index contributed by atoms with van der Waals surface area (Å²) >= 11 is 0. The van der Waals surface area contributed by atoms with Crippen molar-refractivity contribution in [1.29, 1.82) is 0 Å². The van der Waals surface area contributed by atoms with Gasteiger partial charge in [0.2, 0.25) is 5.91 Å². The molecular weight excluding hydrogens is 306 g/mol. The lowest BCUT2D eigenvalue weighted by molar-refractivity contribution is -0.120. The Hall–Kier alpha value is -2.76. The van der Waals surface area contributed by atoms with Gasteiger partial charge >= 0.3 is 0 Å². The van der Waals surface area contributed by atoms with E-state index in [2.05, 4.69) is 27.7 Å². The van der Waals surface area contributed by atoms with Crippen LogP contribution in [0, 0.1) is 0 Å². The normalized spacial score (nSPS) is 10.2. The topological polar surface area (TPSA) is 74.6 Å². The van der Waals surface area contributed by atoms with Crippen molar-refractivity contribution in [2.75, 3.05) is 31.6 Å². The van der Waals surface area contributed by atoms with Crippen LogP contribution < -0.4 is 15.5 Å². The highest BCUT2D eigenvalue weighted by Gasteiger charge is 2.07. The van der Waals surface area contributed by atoms with Gasteiger partial charge in [-0.15, -0.1) is 0 Å². The first-order chi connectivity index (χ1) is 11.7. The third-order valence-electron chi connectivity index (χ3n) is 3.61. The molecule has 2 rings (SSSR count). The lowest BCUT2D eigenvalue weighted by Gasteiger charge is -2.19. The molecule has 1 aromatic carbocycles. The molecule has 0 bridgehead atoms. The van der Waals surface area contributed by atoms with E-state index in [1.54, 1.807) is 6.07 Å². The molecular formula is C18H23N3O3. The summed E-state index contributed by atoms with van der Waals surface area (Å²) in [7, 11) is 2.03. The van der Waals surface area contributed by atoms with Crippen molar-refractivity contribution in [3.63, 3.8) is 0 Å². The third-order valence-corrected chi connectivity index (χ3v) is 3.61. The molecule has 0 saturated heterocycles. The van der Waals surface area contributed by atoms with Gasteiger partial charge in [0.25, 0.3) is 5.91 Å². The van der Waals surface area contributed by atoms with E-state index >= 15 is 0 Å². The fourth-order valence-corrected chi connectivity index (χ4v) is 2.23. The zero-order valence-corrected chi connectivity index (χ0v) is 13.8. The molecule has 0 spiro atoms. The van der Waals surface area contributed by atoms with Crippen LogP contribution in [0.4, 0.5) is 5.69 Å². The van der Waals surface area contributed by atoms with E-state index in [4.69, 9.17) is 4.42 Å². The number of furan rings is 1.